The Kier molecular flexibility index (Phi) is 3.15. The Morgan fingerprint density at radius 1 is 1.30 bits per heavy atom. The molecule has 0 aromatic carbocycles. The van der Waals surface area contributed by atoms with Crippen LogP contribution >= 0.6 is 0 Å². The molecule has 0 saturated heterocycles. The minimum Gasteiger partial charge on any atom is -0.333 e. The van der Waals surface area contributed by atoms with Gasteiger partial charge in [-0.3, -0.25) is 0 Å². The van der Waals surface area contributed by atoms with Gasteiger partial charge >= 0.3 is 0 Å². The van der Waals surface area contributed by atoms with Crippen LogP contribution in [0.2, 0.25) is 0 Å². The van der Waals surface area contributed by atoms with Gasteiger partial charge in [0.2, 0.25) is 0 Å². The van der Waals surface area contributed by atoms with Crippen molar-refractivity contribution in [2.75, 3.05) is 13.1 Å². The highest BCUT2D eigenvalue weighted by Crippen LogP contribution is 2.03. The first-order valence-corrected chi connectivity index (χ1v) is 4.17. The first-order chi connectivity index (χ1) is 4.93. The standard InChI is InChI=1S/C9H15N/c1-2-10-8-6-4-3-5-7-9-10/h2-6,8H2,1H3. The van der Waals surface area contributed by atoms with Gasteiger partial charge in [-0.1, -0.05) is 12.3 Å². The lowest BCUT2D eigenvalue weighted by atomic mass is 10.2. The summed E-state index contributed by atoms with van der Waals surface area (Å²) in [7, 11) is 0. The Morgan fingerprint density at radius 3 is 3.00 bits per heavy atom. The van der Waals surface area contributed by atoms with Crippen LogP contribution in [0.4, 0.5) is 0 Å². The van der Waals surface area contributed by atoms with Crippen LogP contribution < -0.4 is 0 Å². The second-order valence-corrected chi connectivity index (χ2v) is 2.68. The predicted octanol–water partition coefficient (Wildman–Crippen LogP) is 1.84. The van der Waals surface area contributed by atoms with Gasteiger partial charge in [0, 0.05) is 25.6 Å². The van der Waals surface area contributed by atoms with Crippen molar-refractivity contribution in [2.24, 2.45) is 0 Å². The smallest absolute Gasteiger partial charge is 0.0260 e. The fraction of sp³-hybridized carbons (Fsp3) is 0.778. The average molecular weight is 137 g/mol. The Morgan fingerprint density at radius 2 is 2.20 bits per heavy atom. The summed E-state index contributed by atoms with van der Waals surface area (Å²) in [6.45, 7) is 4.41. The summed E-state index contributed by atoms with van der Waals surface area (Å²) in [4.78, 5) is 2.21. The first-order valence-electron chi connectivity index (χ1n) is 4.17. The van der Waals surface area contributed by atoms with E-state index in [9.17, 15) is 0 Å². The van der Waals surface area contributed by atoms with Crippen molar-refractivity contribution in [3.8, 4) is 12.0 Å². The SMILES string of the molecule is CCN1C#CCCCCC1. The van der Waals surface area contributed by atoms with Gasteiger partial charge in [0.1, 0.15) is 0 Å². The van der Waals surface area contributed by atoms with E-state index in [1.54, 1.807) is 0 Å². The van der Waals surface area contributed by atoms with Crippen molar-refractivity contribution in [3.63, 3.8) is 0 Å². The lowest BCUT2D eigenvalue weighted by Crippen LogP contribution is -2.19. The molecule has 10 heavy (non-hydrogen) atoms. The van der Waals surface area contributed by atoms with Crippen LogP contribution in [0.5, 0.6) is 0 Å². The molecule has 1 heterocycles. The molecule has 0 unspecified atom stereocenters. The van der Waals surface area contributed by atoms with Gasteiger partial charge in [0.25, 0.3) is 0 Å². The molecule has 1 nitrogen and oxygen atoms in total. The summed E-state index contributed by atoms with van der Waals surface area (Å²) < 4.78 is 0. The Balaban J connectivity index is 2.39. The summed E-state index contributed by atoms with van der Waals surface area (Å²) in [5.41, 5.74) is 0. The molecule has 0 bridgehead atoms. The van der Waals surface area contributed by atoms with Crippen LogP contribution in [0.15, 0.2) is 0 Å². The third kappa shape index (κ3) is 2.31. The largest absolute Gasteiger partial charge is 0.333 e. The Hall–Kier alpha value is -0.640. The predicted molar refractivity (Wildman–Crippen MR) is 43.5 cm³/mol. The van der Waals surface area contributed by atoms with E-state index < -0.39 is 0 Å². The molecule has 0 saturated carbocycles. The molecule has 0 aromatic heterocycles. The average Bonchev–Trinajstić information content (AvgIpc) is 1.87. The van der Waals surface area contributed by atoms with Crippen molar-refractivity contribution < 1.29 is 0 Å². The lowest BCUT2D eigenvalue weighted by molar-refractivity contribution is 0.397. The molecule has 0 amide bonds. The van der Waals surface area contributed by atoms with Gasteiger partial charge in [0.05, 0.1) is 0 Å². The topological polar surface area (TPSA) is 3.24 Å². The van der Waals surface area contributed by atoms with Gasteiger partial charge in [-0.05, 0) is 19.8 Å². The van der Waals surface area contributed by atoms with Crippen molar-refractivity contribution in [1.82, 2.24) is 4.90 Å². The minimum atomic E-state index is 1.08. The van der Waals surface area contributed by atoms with Crippen LogP contribution in [0.3, 0.4) is 0 Å². The van der Waals surface area contributed by atoms with Crippen LogP contribution in [0, 0.1) is 12.0 Å². The molecule has 0 spiro atoms. The summed E-state index contributed by atoms with van der Waals surface area (Å²) >= 11 is 0. The zero-order valence-electron chi connectivity index (χ0n) is 6.69. The molecular formula is C9H15N. The van der Waals surface area contributed by atoms with E-state index in [1.807, 2.05) is 0 Å². The Labute approximate surface area is 63.4 Å². The van der Waals surface area contributed by atoms with E-state index in [0.717, 1.165) is 13.0 Å². The van der Waals surface area contributed by atoms with Crippen molar-refractivity contribution in [2.45, 2.75) is 32.6 Å². The van der Waals surface area contributed by atoms with E-state index >= 15 is 0 Å². The molecule has 0 N–H and O–H groups in total. The summed E-state index contributed by atoms with van der Waals surface area (Å²) in [6.07, 6.45) is 5.06. The maximum absolute atomic E-state index is 3.16. The van der Waals surface area contributed by atoms with Crippen molar-refractivity contribution >= 4 is 0 Å². The molecule has 1 heteroatoms. The number of rotatable bonds is 1. The van der Waals surface area contributed by atoms with Gasteiger partial charge < -0.3 is 4.90 Å². The van der Waals surface area contributed by atoms with E-state index in [2.05, 4.69) is 23.8 Å². The Bertz CT molecular complexity index is 141. The maximum atomic E-state index is 3.16. The second kappa shape index (κ2) is 4.22. The molecule has 0 aromatic rings. The van der Waals surface area contributed by atoms with Crippen LogP contribution in [-0.4, -0.2) is 18.0 Å². The fourth-order valence-electron chi connectivity index (χ4n) is 1.15. The summed E-state index contributed by atoms with van der Waals surface area (Å²) in [5.74, 6) is 3.16. The third-order valence-electron chi connectivity index (χ3n) is 1.85. The van der Waals surface area contributed by atoms with E-state index in [-0.39, 0.29) is 0 Å². The molecule has 0 fully saturated rings. The van der Waals surface area contributed by atoms with Crippen molar-refractivity contribution in [3.05, 3.63) is 0 Å². The lowest BCUT2D eigenvalue weighted by Gasteiger charge is -2.15. The van der Waals surface area contributed by atoms with E-state index in [0.29, 0.717) is 0 Å². The highest BCUT2D eigenvalue weighted by atomic mass is 15.1. The van der Waals surface area contributed by atoms with Crippen LogP contribution in [0.25, 0.3) is 0 Å². The molecule has 1 aliphatic rings. The highest BCUT2D eigenvalue weighted by molar-refractivity contribution is 4.99. The molecule has 0 aliphatic carbocycles. The number of hydrogen-bond donors (Lipinski definition) is 0. The van der Waals surface area contributed by atoms with Gasteiger partial charge in [-0.2, -0.15) is 0 Å². The molecule has 0 atom stereocenters. The molecule has 1 aliphatic heterocycles. The zero-order valence-corrected chi connectivity index (χ0v) is 6.69. The van der Waals surface area contributed by atoms with Crippen LogP contribution in [0.1, 0.15) is 32.6 Å². The third-order valence-corrected chi connectivity index (χ3v) is 1.85. The number of nitrogens with zero attached hydrogens (tertiary/aromatic N) is 1. The van der Waals surface area contributed by atoms with Gasteiger partial charge in [-0.25, -0.2) is 0 Å². The highest BCUT2D eigenvalue weighted by Gasteiger charge is 1.97. The monoisotopic (exact) mass is 137 g/mol. The quantitative estimate of drug-likeness (QED) is 0.498. The van der Waals surface area contributed by atoms with Gasteiger partial charge in [0.15, 0.2) is 0 Å². The van der Waals surface area contributed by atoms with Crippen molar-refractivity contribution in [1.29, 1.82) is 0 Å². The number of hydrogen-bond acceptors (Lipinski definition) is 1. The molecule has 1 rings (SSSR count). The maximum Gasteiger partial charge on any atom is 0.0260 e. The first kappa shape index (κ1) is 7.47. The molecular weight excluding hydrogens is 122 g/mol. The molecule has 0 radical (unpaired) electrons. The zero-order chi connectivity index (χ0) is 7.23. The fourth-order valence-corrected chi connectivity index (χ4v) is 1.15. The van der Waals surface area contributed by atoms with E-state index in [1.165, 1.54) is 25.8 Å². The van der Waals surface area contributed by atoms with E-state index in [4.69, 9.17) is 0 Å². The molecule has 56 valence electrons. The second-order valence-electron chi connectivity index (χ2n) is 2.68. The minimum absolute atomic E-state index is 1.08. The summed E-state index contributed by atoms with van der Waals surface area (Å²) in [6, 6.07) is 3.15. The van der Waals surface area contributed by atoms with Crippen LogP contribution in [-0.2, 0) is 0 Å². The normalized spacial score (nSPS) is 18.7. The summed E-state index contributed by atoms with van der Waals surface area (Å²) in [5, 5.41) is 0. The van der Waals surface area contributed by atoms with Gasteiger partial charge in [-0.15, -0.1) is 0 Å².